The number of halogens is 1. The predicted octanol–water partition coefficient (Wildman–Crippen LogP) is 1.73. The molecule has 4 rings (SSSR count). The fourth-order valence-electron chi connectivity index (χ4n) is 3.31. The second-order valence-corrected chi connectivity index (χ2v) is 6.16. The van der Waals surface area contributed by atoms with Crippen LogP contribution < -0.4 is 10.2 Å². The Hall–Kier alpha value is -3.03. The summed E-state index contributed by atoms with van der Waals surface area (Å²) in [6.07, 6.45) is 4.53. The number of nitrogens with zero attached hydrogens (tertiary/aromatic N) is 4. The molecule has 1 aliphatic carbocycles. The maximum atomic E-state index is 13.3. The van der Waals surface area contributed by atoms with E-state index in [9.17, 15) is 9.18 Å². The van der Waals surface area contributed by atoms with Gasteiger partial charge in [-0.25, -0.2) is 19.3 Å². The lowest BCUT2D eigenvalue weighted by Crippen LogP contribution is -2.37. The third-order valence-electron chi connectivity index (χ3n) is 4.46. The van der Waals surface area contributed by atoms with Gasteiger partial charge in [-0.05, 0) is 36.1 Å². The number of carbonyl (C=O) groups is 1. The van der Waals surface area contributed by atoms with E-state index in [-0.39, 0.29) is 24.3 Å². The van der Waals surface area contributed by atoms with Crippen LogP contribution >= 0.6 is 0 Å². The lowest BCUT2D eigenvalue weighted by atomic mass is 10.1. The van der Waals surface area contributed by atoms with Crippen LogP contribution in [0.15, 0.2) is 30.9 Å². The highest BCUT2D eigenvalue weighted by Crippen LogP contribution is 2.31. The highest BCUT2D eigenvalue weighted by atomic mass is 19.1. The Morgan fingerprint density at radius 3 is 3.16 bits per heavy atom. The van der Waals surface area contributed by atoms with Gasteiger partial charge in [-0.2, -0.15) is 0 Å². The molecule has 2 N–H and O–H groups in total. The first-order valence-electron chi connectivity index (χ1n) is 8.04. The number of rotatable bonds is 4. The Kier molecular flexibility index (Phi) is 3.79. The molecule has 0 saturated heterocycles. The van der Waals surface area contributed by atoms with Gasteiger partial charge in [-0.15, -0.1) is 0 Å². The zero-order chi connectivity index (χ0) is 17.4. The topological polar surface area (TPSA) is 86.8 Å². The van der Waals surface area contributed by atoms with Crippen LogP contribution in [0.2, 0.25) is 0 Å². The molecule has 1 aromatic carbocycles. The number of hydrogen-bond donors (Lipinski definition) is 2. The molecule has 1 atom stereocenters. The van der Waals surface area contributed by atoms with Crippen molar-refractivity contribution in [3.05, 3.63) is 47.8 Å². The molecule has 25 heavy (non-hydrogen) atoms. The van der Waals surface area contributed by atoms with Gasteiger partial charge >= 0.3 is 0 Å². The van der Waals surface area contributed by atoms with Crippen LogP contribution in [-0.2, 0) is 11.2 Å². The monoisotopic (exact) mass is 340 g/mol. The van der Waals surface area contributed by atoms with Gasteiger partial charge in [0.15, 0.2) is 11.5 Å². The van der Waals surface area contributed by atoms with Crippen LogP contribution in [0.25, 0.3) is 11.2 Å². The van der Waals surface area contributed by atoms with Gasteiger partial charge in [0, 0.05) is 7.05 Å². The Balaban J connectivity index is 1.46. The van der Waals surface area contributed by atoms with Gasteiger partial charge in [0.25, 0.3) is 0 Å². The first kappa shape index (κ1) is 15.5. The van der Waals surface area contributed by atoms with Gasteiger partial charge < -0.3 is 15.2 Å². The van der Waals surface area contributed by atoms with E-state index in [1.165, 1.54) is 12.4 Å². The fraction of sp³-hybridized carbons (Fsp3) is 0.294. The van der Waals surface area contributed by atoms with Crippen molar-refractivity contribution in [1.29, 1.82) is 0 Å². The zero-order valence-electron chi connectivity index (χ0n) is 13.7. The van der Waals surface area contributed by atoms with Crippen molar-refractivity contribution < 1.29 is 9.18 Å². The number of benzene rings is 1. The number of aryl methyl sites for hydroxylation is 1. The number of aromatic amines is 1. The zero-order valence-corrected chi connectivity index (χ0v) is 13.7. The average molecular weight is 340 g/mol. The lowest BCUT2D eigenvalue weighted by Gasteiger charge is -2.20. The number of H-pyrrole nitrogens is 1. The minimum Gasteiger partial charge on any atom is -0.348 e. The lowest BCUT2D eigenvalue weighted by molar-refractivity contribution is -0.120. The minimum atomic E-state index is -0.238. The number of carbonyl (C=O) groups excluding carboxylic acids is 1. The number of nitrogens with one attached hydrogen (secondary N) is 2. The first-order chi connectivity index (χ1) is 12.1. The smallest absolute Gasteiger partial charge is 0.240 e. The highest BCUT2D eigenvalue weighted by molar-refractivity contribution is 5.87. The van der Waals surface area contributed by atoms with Crippen molar-refractivity contribution in [2.45, 2.75) is 18.9 Å². The van der Waals surface area contributed by atoms with Crippen LogP contribution in [0, 0.1) is 5.82 Å². The van der Waals surface area contributed by atoms with Gasteiger partial charge in [0.05, 0.1) is 18.9 Å². The molecule has 0 aliphatic heterocycles. The number of aromatic nitrogens is 4. The van der Waals surface area contributed by atoms with E-state index in [1.54, 1.807) is 30.4 Å². The summed E-state index contributed by atoms with van der Waals surface area (Å²) < 4.78 is 13.3. The van der Waals surface area contributed by atoms with E-state index >= 15 is 0 Å². The van der Waals surface area contributed by atoms with E-state index in [0.29, 0.717) is 17.0 Å². The van der Waals surface area contributed by atoms with E-state index in [4.69, 9.17) is 0 Å². The number of likely N-dealkylation sites (N-methyl/N-ethyl adjacent to an activating group) is 1. The molecule has 0 fully saturated rings. The molecule has 0 radical (unpaired) electrons. The SMILES string of the molecule is CN(CC(=O)N[C@H]1CCc2cc(F)ccc21)c1ncnc2nc[nH]c12. The quantitative estimate of drug-likeness (QED) is 0.755. The molecule has 0 saturated carbocycles. The van der Waals surface area contributed by atoms with Crippen LogP contribution in [0.4, 0.5) is 10.2 Å². The number of fused-ring (bicyclic) bond motifs is 2. The molecule has 128 valence electrons. The maximum Gasteiger partial charge on any atom is 0.240 e. The molecule has 1 aliphatic rings. The molecule has 0 spiro atoms. The molecular weight excluding hydrogens is 323 g/mol. The molecule has 2 heterocycles. The summed E-state index contributed by atoms with van der Waals surface area (Å²) in [5.74, 6) is 0.264. The maximum absolute atomic E-state index is 13.3. The number of anilines is 1. The van der Waals surface area contributed by atoms with Gasteiger partial charge in [-0.1, -0.05) is 6.07 Å². The number of amides is 1. The third kappa shape index (κ3) is 2.90. The van der Waals surface area contributed by atoms with Crippen LogP contribution in [0.3, 0.4) is 0 Å². The molecule has 0 bridgehead atoms. The second-order valence-electron chi connectivity index (χ2n) is 6.16. The largest absolute Gasteiger partial charge is 0.348 e. The van der Waals surface area contributed by atoms with E-state index in [2.05, 4.69) is 25.3 Å². The standard InChI is InChI=1S/C17H17FN6O/c1-24(17-15-16(20-8-19-15)21-9-22-17)7-14(25)23-13-5-2-10-6-11(18)3-4-12(10)13/h3-4,6,8-9,13H,2,5,7H2,1H3,(H,23,25)(H,19,20,21,22)/t13-/m0/s1. The fourth-order valence-corrected chi connectivity index (χ4v) is 3.31. The van der Waals surface area contributed by atoms with E-state index < -0.39 is 0 Å². The van der Waals surface area contributed by atoms with Crippen molar-refractivity contribution in [1.82, 2.24) is 25.3 Å². The number of imidazole rings is 1. The highest BCUT2D eigenvalue weighted by Gasteiger charge is 2.25. The van der Waals surface area contributed by atoms with Crippen molar-refractivity contribution in [3.63, 3.8) is 0 Å². The van der Waals surface area contributed by atoms with Gasteiger partial charge in [0.2, 0.25) is 5.91 Å². The first-order valence-corrected chi connectivity index (χ1v) is 8.04. The normalized spacial score (nSPS) is 16.0. The summed E-state index contributed by atoms with van der Waals surface area (Å²) >= 11 is 0. The van der Waals surface area contributed by atoms with Crippen molar-refractivity contribution in [3.8, 4) is 0 Å². The van der Waals surface area contributed by atoms with Crippen LogP contribution in [-0.4, -0.2) is 39.4 Å². The van der Waals surface area contributed by atoms with E-state index in [0.717, 1.165) is 24.0 Å². The molecule has 3 aromatic rings. The van der Waals surface area contributed by atoms with Crippen LogP contribution in [0.5, 0.6) is 0 Å². The molecule has 7 nitrogen and oxygen atoms in total. The minimum absolute atomic E-state index is 0.0749. The summed E-state index contributed by atoms with van der Waals surface area (Å²) in [6, 6.07) is 4.66. The predicted molar refractivity (Wildman–Crippen MR) is 90.6 cm³/mol. The molecule has 1 amide bonds. The summed E-state index contributed by atoms with van der Waals surface area (Å²) in [4.78, 5) is 29.6. The van der Waals surface area contributed by atoms with Crippen molar-refractivity contribution >= 4 is 22.9 Å². The second kappa shape index (κ2) is 6.12. The average Bonchev–Trinajstić information content (AvgIpc) is 3.21. The van der Waals surface area contributed by atoms with E-state index in [1.807, 2.05) is 0 Å². The Labute approximate surface area is 143 Å². The third-order valence-corrected chi connectivity index (χ3v) is 4.46. The van der Waals surface area contributed by atoms with Crippen molar-refractivity contribution in [2.24, 2.45) is 0 Å². The molecule has 0 unspecified atom stereocenters. The Morgan fingerprint density at radius 2 is 2.28 bits per heavy atom. The summed E-state index contributed by atoms with van der Waals surface area (Å²) in [5, 5.41) is 3.02. The van der Waals surface area contributed by atoms with Crippen LogP contribution in [0.1, 0.15) is 23.6 Å². The summed E-state index contributed by atoms with van der Waals surface area (Å²) in [7, 11) is 1.79. The van der Waals surface area contributed by atoms with Gasteiger partial charge in [0.1, 0.15) is 17.7 Å². The Morgan fingerprint density at radius 1 is 1.40 bits per heavy atom. The summed E-state index contributed by atoms with van der Waals surface area (Å²) in [5.41, 5.74) is 3.22. The summed E-state index contributed by atoms with van der Waals surface area (Å²) in [6.45, 7) is 0.151. The number of hydrogen-bond acceptors (Lipinski definition) is 5. The molecular formula is C17H17FN6O. The van der Waals surface area contributed by atoms with Gasteiger partial charge in [-0.3, -0.25) is 4.79 Å². The molecule has 8 heteroatoms. The Bertz CT molecular complexity index is 940. The molecule has 2 aromatic heterocycles. The van der Waals surface area contributed by atoms with Crippen molar-refractivity contribution in [2.75, 3.05) is 18.5 Å².